The van der Waals surface area contributed by atoms with Crippen molar-refractivity contribution in [3.05, 3.63) is 44.4 Å². The molecule has 10 heteroatoms. The zero-order valence-electron chi connectivity index (χ0n) is 16.3. The van der Waals surface area contributed by atoms with Crippen molar-refractivity contribution in [2.75, 3.05) is 32.2 Å². The monoisotopic (exact) mass is 436 g/mol. The summed E-state index contributed by atoms with van der Waals surface area (Å²) < 4.78 is 12.2. The van der Waals surface area contributed by atoms with Crippen LogP contribution in [0.15, 0.2) is 23.3 Å². The number of H-pyrrole nitrogens is 1. The molecule has 154 valence electrons. The van der Waals surface area contributed by atoms with E-state index in [1.54, 1.807) is 17.9 Å². The average molecular weight is 437 g/mol. The molecule has 2 atom stereocenters. The van der Waals surface area contributed by atoms with E-state index in [4.69, 9.17) is 21.1 Å². The van der Waals surface area contributed by atoms with E-state index in [9.17, 15) is 9.59 Å². The predicted molar refractivity (Wildman–Crippen MR) is 112 cm³/mol. The lowest BCUT2D eigenvalue weighted by Gasteiger charge is -2.38. The third-order valence-electron chi connectivity index (χ3n) is 5.33. The predicted octanol–water partition coefficient (Wildman–Crippen LogP) is 3.00. The normalized spacial score (nSPS) is 19.7. The lowest BCUT2D eigenvalue weighted by molar-refractivity contribution is 0.0463. The molecule has 0 saturated carbocycles. The Morgan fingerprint density at radius 3 is 2.93 bits per heavy atom. The molecule has 0 bridgehead atoms. The van der Waals surface area contributed by atoms with Crippen molar-refractivity contribution in [2.24, 2.45) is 0 Å². The molecule has 1 aliphatic heterocycles. The van der Waals surface area contributed by atoms with Crippen molar-refractivity contribution < 1.29 is 14.3 Å². The molecule has 2 unspecified atom stereocenters. The van der Waals surface area contributed by atoms with Gasteiger partial charge in [-0.15, -0.1) is 0 Å². The van der Waals surface area contributed by atoms with E-state index in [1.807, 2.05) is 13.0 Å². The highest BCUT2D eigenvalue weighted by Crippen LogP contribution is 2.31. The Hall–Kier alpha value is -2.36. The third-order valence-corrected chi connectivity index (χ3v) is 6.86. The van der Waals surface area contributed by atoms with E-state index < -0.39 is 5.97 Å². The topological polar surface area (TPSA) is 89.5 Å². The number of hydrogen-bond donors (Lipinski definition) is 1. The number of nitrogens with one attached hydrogen (secondary N) is 1. The number of ether oxygens (including phenoxy) is 2. The molecular formula is C19H21ClN4O4S. The summed E-state index contributed by atoms with van der Waals surface area (Å²) in [5.41, 5.74) is 1.18. The zero-order chi connectivity index (χ0) is 20.7. The van der Waals surface area contributed by atoms with Crippen LogP contribution in [0.3, 0.4) is 0 Å². The van der Waals surface area contributed by atoms with Gasteiger partial charge >= 0.3 is 5.97 Å². The maximum atomic E-state index is 13.1. The van der Waals surface area contributed by atoms with E-state index >= 15 is 0 Å². The SMILES string of the molecule is COC(=O)c1cnc(N2CCC(n3ccc4c(Cl)c(C)[nH]c4c3=O)C(OC)C2)s1. The molecule has 8 nitrogen and oxygen atoms in total. The van der Waals surface area contributed by atoms with Crippen LogP contribution in [-0.2, 0) is 9.47 Å². The maximum Gasteiger partial charge on any atom is 0.349 e. The van der Waals surface area contributed by atoms with Gasteiger partial charge in [-0.1, -0.05) is 22.9 Å². The van der Waals surface area contributed by atoms with Crippen molar-refractivity contribution in [3.8, 4) is 0 Å². The summed E-state index contributed by atoms with van der Waals surface area (Å²) in [5, 5.41) is 2.04. The van der Waals surface area contributed by atoms with Crippen molar-refractivity contribution in [1.82, 2.24) is 14.5 Å². The Morgan fingerprint density at radius 2 is 2.21 bits per heavy atom. The zero-order valence-corrected chi connectivity index (χ0v) is 17.8. The fourth-order valence-corrected chi connectivity index (χ4v) is 4.87. The molecule has 1 saturated heterocycles. The summed E-state index contributed by atoms with van der Waals surface area (Å²) >= 11 is 7.57. The molecule has 3 aromatic heterocycles. The van der Waals surface area contributed by atoms with Gasteiger partial charge in [0.15, 0.2) is 5.13 Å². The van der Waals surface area contributed by atoms with Gasteiger partial charge < -0.3 is 23.9 Å². The first-order valence-corrected chi connectivity index (χ1v) is 10.3. The van der Waals surface area contributed by atoms with Gasteiger partial charge in [-0.2, -0.15) is 0 Å². The number of fused-ring (bicyclic) bond motifs is 1. The molecule has 4 rings (SSSR count). The number of anilines is 1. The molecule has 0 spiro atoms. The molecule has 1 N–H and O–H groups in total. The van der Waals surface area contributed by atoms with Gasteiger partial charge in [0.1, 0.15) is 10.4 Å². The number of nitrogens with zero attached hydrogens (tertiary/aromatic N) is 3. The number of piperidine rings is 1. The molecule has 4 heterocycles. The van der Waals surface area contributed by atoms with Gasteiger partial charge in [-0.3, -0.25) is 4.79 Å². The minimum absolute atomic E-state index is 0.111. The van der Waals surface area contributed by atoms with Gasteiger partial charge in [-0.25, -0.2) is 9.78 Å². The van der Waals surface area contributed by atoms with Crippen LogP contribution in [0.4, 0.5) is 5.13 Å². The smallest absolute Gasteiger partial charge is 0.349 e. The van der Waals surface area contributed by atoms with Crippen LogP contribution < -0.4 is 10.5 Å². The summed E-state index contributed by atoms with van der Waals surface area (Å²) in [6, 6.07) is 1.75. The molecule has 0 aromatic carbocycles. The van der Waals surface area contributed by atoms with Crippen molar-refractivity contribution >= 4 is 44.9 Å². The fraction of sp³-hybridized carbons (Fsp3) is 0.421. The van der Waals surface area contributed by atoms with Crippen LogP contribution in [0.25, 0.3) is 10.9 Å². The van der Waals surface area contributed by atoms with Gasteiger partial charge in [0.25, 0.3) is 5.56 Å². The Labute approximate surface area is 176 Å². The number of rotatable bonds is 4. The summed E-state index contributed by atoms with van der Waals surface area (Å²) in [5.74, 6) is -0.397. The maximum absolute atomic E-state index is 13.1. The summed E-state index contributed by atoms with van der Waals surface area (Å²) in [7, 11) is 2.99. The first-order valence-electron chi connectivity index (χ1n) is 9.15. The summed E-state index contributed by atoms with van der Waals surface area (Å²) in [6.45, 7) is 3.09. The lowest BCUT2D eigenvalue weighted by Crippen LogP contribution is -2.47. The number of thiazole rings is 1. The highest BCUT2D eigenvalue weighted by Gasteiger charge is 2.33. The number of esters is 1. The molecule has 1 fully saturated rings. The Kier molecular flexibility index (Phi) is 5.37. The van der Waals surface area contributed by atoms with Crippen molar-refractivity contribution in [1.29, 1.82) is 0 Å². The van der Waals surface area contributed by atoms with Gasteiger partial charge in [0.2, 0.25) is 0 Å². The van der Waals surface area contributed by atoms with Gasteiger partial charge in [0, 0.05) is 37.5 Å². The average Bonchev–Trinajstić information content (AvgIpc) is 3.34. The molecular weight excluding hydrogens is 416 g/mol. The van der Waals surface area contributed by atoms with Crippen LogP contribution >= 0.6 is 22.9 Å². The second-order valence-corrected chi connectivity index (χ2v) is 8.34. The minimum atomic E-state index is -0.397. The fourth-order valence-electron chi connectivity index (χ4n) is 3.79. The van der Waals surface area contributed by atoms with Crippen LogP contribution in [0, 0.1) is 6.92 Å². The number of methoxy groups -OCH3 is 2. The number of aromatic amines is 1. The molecule has 0 amide bonds. The second kappa shape index (κ2) is 7.81. The van der Waals surface area contributed by atoms with Crippen LogP contribution in [0.2, 0.25) is 5.02 Å². The third kappa shape index (κ3) is 3.43. The number of hydrogen-bond acceptors (Lipinski definition) is 7. The summed E-state index contributed by atoms with van der Waals surface area (Å²) in [4.78, 5) is 34.7. The minimum Gasteiger partial charge on any atom is -0.465 e. The van der Waals surface area contributed by atoms with Crippen molar-refractivity contribution in [3.63, 3.8) is 0 Å². The Bertz CT molecular complexity index is 1120. The summed E-state index contributed by atoms with van der Waals surface area (Å²) in [6.07, 6.45) is 3.80. The molecule has 3 aromatic rings. The van der Waals surface area contributed by atoms with Crippen LogP contribution in [0.1, 0.15) is 27.8 Å². The highest BCUT2D eigenvalue weighted by atomic mass is 35.5. The molecule has 1 aliphatic rings. The second-order valence-electron chi connectivity index (χ2n) is 6.96. The molecule has 0 aliphatic carbocycles. The van der Waals surface area contributed by atoms with E-state index in [0.29, 0.717) is 34.9 Å². The number of aryl methyl sites for hydroxylation is 1. The van der Waals surface area contributed by atoms with Gasteiger partial charge in [0.05, 0.1) is 30.5 Å². The van der Waals surface area contributed by atoms with Gasteiger partial charge in [-0.05, 0) is 19.4 Å². The number of carbonyl (C=O) groups is 1. The lowest BCUT2D eigenvalue weighted by atomic mass is 10.0. The standard InChI is InChI=1S/C19H21ClN4O4S/c1-10-15(20)11-4-7-24(17(25)16(11)22-10)12-5-6-23(9-13(12)27-2)19-21-8-14(29-19)18(26)28-3/h4,7-8,12-13,22H,5-6,9H2,1-3H3. The Morgan fingerprint density at radius 1 is 1.41 bits per heavy atom. The van der Waals surface area contributed by atoms with E-state index in [1.165, 1.54) is 24.6 Å². The number of aromatic nitrogens is 3. The first kappa shape index (κ1) is 19.9. The van der Waals surface area contributed by atoms with Crippen LogP contribution in [-0.4, -0.2) is 53.9 Å². The largest absolute Gasteiger partial charge is 0.465 e. The van der Waals surface area contributed by atoms with E-state index in [0.717, 1.165) is 16.2 Å². The van der Waals surface area contributed by atoms with E-state index in [-0.39, 0.29) is 17.7 Å². The first-order chi connectivity index (χ1) is 13.9. The van der Waals surface area contributed by atoms with Crippen molar-refractivity contribution in [2.45, 2.75) is 25.5 Å². The van der Waals surface area contributed by atoms with Crippen LogP contribution in [0.5, 0.6) is 0 Å². The molecule has 29 heavy (non-hydrogen) atoms. The molecule has 0 radical (unpaired) electrons. The quantitative estimate of drug-likeness (QED) is 0.632. The number of pyridine rings is 1. The Balaban J connectivity index is 1.60. The van der Waals surface area contributed by atoms with E-state index in [2.05, 4.69) is 14.9 Å². The number of carbonyl (C=O) groups excluding carboxylic acids is 1. The number of halogens is 1. The highest BCUT2D eigenvalue weighted by molar-refractivity contribution is 7.17.